The van der Waals surface area contributed by atoms with Crippen LogP contribution < -0.4 is 0 Å². The maximum atomic E-state index is 12.8. The molecule has 8 heteroatoms. The molecule has 0 saturated heterocycles. The number of Topliss-reactive ketones (excluding diaryl/α,β-unsaturated/α-hetero) is 1. The molecule has 0 aliphatic rings. The summed E-state index contributed by atoms with van der Waals surface area (Å²) in [6.07, 6.45) is -1.06. The van der Waals surface area contributed by atoms with Crippen molar-refractivity contribution in [1.82, 2.24) is 4.98 Å². The van der Waals surface area contributed by atoms with Gasteiger partial charge in [-0.2, -0.15) is 0 Å². The monoisotopic (exact) mass is 386 g/mol. The highest BCUT2D eigenvalue weighted by Crippen LogP contribution is 2.27. The number of ketones is 1. The van der Waals surface area contributed by atoms with Crippen LogP contribution in [-0.4, -0.2) is 27.8 Å². The average molecular weight is 387 g/mol. The number of para-hydroxylation sites is 1. The highest BCUT2D eigenvalue weighted by Gasteiger charge is 2.26. The number of aromatic amines is 1. The van der Waals surface area contributed by atoms with Crippen molar-refractivity contribution >= 4 is 39.9 Å². The molecule has 27 heavy (non-hydrogen) atoms. The Kier molecular flexibility index (Phi) is 4.96. The van der Waals surface area contributed by atoms with Crippen LogP contribution in [0.5, 0.6) is 0 Å². The van der Waals surface area contributed by atoms with Crippen LogP contribution in [0.1, 0.15) is 33.3 Å². The van der Waals surface area contributed by atoms with Crippen LogP contribution in [0, 0.1) is 17.0 Å². The van der Waals surface area contributed by atoms with Gasteiger partial charge in [0.1, 0.15) is 5.02 Å². The summed E-state index contributed by atoms with van der Waals surface area (Å²) in [4.78, 5) is 38.5. The molecule has 0 fully saturated rings. The number of rotatable bonds is 5. The second-order valence-electron chi connectivity index (χ2n) is 6.01. The first-order chi connectivity index (χ1) is 12.8. The lowest BCUT2D eigenvalue weighted by Gasteiger charge is -2.13. The lowest BCUT2D eigenvalue weighted by atomic mass is 10.0. The molecule has 0 amide bonds. The number of carbonyl (C=O) groups excluding carboxylic acids is 2. The quantitative estimate of drug-likeness (QED) is 0.301. The van der Waals surface area contributed by atoms with Crippen molar-refractivity contribution < 1.29 is 19.2 Å². The lowest BCUT2D eigenvalue weighted by Crippen LogP contribution is -2.25. The maximum Gasteiger partial charge on any atom is 0.339 e. The van der Waals surface area contributed by atoms with Crippen molar-refractivity contribution in [3.63, 3.8) is 0 Å². The van der Waals surface area contributed by atoms with E-state index in [1.54, 1.807) is 6.92 Å². The lowest BCUT2D eigenvalue weighted by molar-refractivity contribution is -0.384. The number of aryl methyl sites for hydroxylation is 1. The van der Waals surface area contributed by atoms with Crippen molar-refractivity contribution in [2.24, 2.45) is 0 Å². The summed E-state index contributed by atoms with van der Waals surface area (Å²) in [7, 11) is 0. The van der Waals surface area contributed by atoms with Crippen LogP contribution in [0.3, 0.4) is 0 Å². The van der Waals surface area contributed by atoms with Crippen LogP contribution in [-0.2, 0) is 4.74 Å². The van der Waals surface area contributed by atoms with Gasteiger partial charge in [-0.05, 0) is 32.0 Å². The number of H-pyrrole nitrogens is 1. The Hall–Kier alpha value is -3.19. The molecule has 1 N–H and O–H groups in total. The molecular weight excluding hydrogens is 372 g/mol. The van der Waals surface area contributed by atoms with Gasteiger partial charge >= 0.3 is 5.97 Å². The second-order valence-corrected chi connectivity index (χ2v) is 6.41. The van der Waals surface area contributed by atoms with Crippen LogP contribution in [0.25, 0.3) is 10.9 Å². The van der Waals surface area contributed by atoms with Crippen molar-refractivity contribution in [3.05, 3.63) is 74.4 Å². The van der Waals surface area contributed by atoms with E-state index in [2.05, 4.69) is 4.98 Å². The van der Waals surface area contributed by atoms with E-state index in [1.807, 2.05) is 24.3 Å². The van der Waals surface area contributed by atoms with Crippen LogP contribution in [0.4, 0.5) is 5.69 Å². The fourth-order valence-corrected chi connectivity index (χ4v) is 3.05. The Bertz CT molecular complexity index is 1070. The third kappa shape index (κ3) is 3.54. The number of hydrogen-bond donors (Lipinski definition) is 1. The number of nitrogens with zero attached hydrogens (tertiary/aromatic N) is 1. The number of nitro benzene ring substituents is 1. The van der Waals surface area contributed by atoms with E-state index in [0.29, 0.717) is 11.3 Å². The molecule has 0 radical (unpaired) electrons. The first kappa shape index (κ1) is 18.6. The molecule has 138 valence electrons. The van der Waals surface area contributed by atoms with Gasteiger partial charge in [-0.15, -0.1) is 0 Å². The minimum atomic E-state index is -1.06. The van der Waals surface area contributed by atoms with Gasteiger partial charge in [-0.1, -0.05) is 29.8 Å². The number of esters is 1. The zero-order chi connectivity index (χ0) is 19.7. The molecule has 0 saturated carbocycles. The Morgan fingerprint density at radius 1 is 1.22 bits per heavy atom. The minimum Gasteiger partial charge on any atom is -0.451 e. The van der Waals surface area contributed by atoms with E-state index in [-0.39, 0.29) is 16.4 Å². The summed E-state index contributed by atoms with van der Waals surface area (Å²) in [6.45, 7) is 3.23. The highest BCUT2D eigenvalue weighted by atomic mass is 35.5. The number of benzene rings is 2. The van der Waals surface area contributed by atoms with Gasteiger partial charge in [0.05, 0.1) is 10.5 Å². The number of fused-ring (bicyclic) bond motifs is 1. The molecule has 3 rings (SSSR count). The van der Waals surface area contributed by atoms with E-state index in [1.165, 1.54) is 19.1 Å². The Morgan fingerprint density at radius 3 is 2.63 bits per heavy atom. The third-order valence-corrected chi connectivity index (χ3v) is 4.49. The molecule has 1 atom stereocenters. The number of hydrogen-bond acceptors (Lipinski definition) is 5. The third-order valence-electron chi connectivity index (χ3n) is 4.17. The summed E-state index contributed by atoms with van der Waals surface area (Å²) in [6, 6.07) is 10.9. The van der Waals surface area contributed by atoms with Crippen molar-refractivity contribution in [2.75, 3.05) is 0 Å². The SMILES string of the molecule is Cc1[nH]c2ccccc2c1C(=O)[C@H](C)OC(=O)c1ccc(Cl)c([N+](=O)[O-])c1. The van der Waals surface area contributed by atoms with Gasteiger partial charge in [-0.3, -0.25) is 14.9 Å². The first-order valence-electron chi connectivity index (χ1n) is 8.06. The molecule has 0 aliphatic heterocycles. The van der Waals surface area contributed by atoms with Crippen molar-refractivity contribution in [3.8, 4) is 0 Å². The number of ether oxygens (including phenoxy) is 1. The van der Waals surface area contributed by atoms with Crippen LogP contribution in [0.2, 0.25) is 5.02 Å². The predicted octanol–water partition coefficient (Wildman–Crippen LogP) is 4.47. The molecule has 7 nitrogen and oxygen atoms in total. The number of nitro groups is 1. The molecule has 0 spiro atoms. The fourth-order valence-electron chi connectivity index (χ4n) is 2.86. The van der Waals surface area contributed by atoms with Gasteiger partial charge in [0.2, 0.25) is 5.78 Å². The Labute approximate surface area is 159 Å². The van der Waals surface area contributed by atoms with Gasteiger partial charge in [0.15, 0.2) is 6.10 Å². The normalized spacial score (nSPS) is 12.0. The summed E-state index contributed by atoms with van der Waals surface area (Å²) in [5.74, 6) is -1.20. The van der Waals surface area contributed by atoms with Gasteiger partial charge in [0, 0.05) is 28.2 Å². The van der Waals surface area contributed by atoms with E-state index < -0.39 is 22.7 Å². The molecule has 1 aromatic heterocycles. The van der Waals surface area contributed by atoms with Gasteiger partial charge in [0.25, 0.3) is 5.69 Å². The molecule has 0 unspecified atom stereocenters. The number of carbonyl (C=O) groups is 2. The number of halogens is 1. The van der Waals surface area contributed by atoms with E-state index in [9.17, 15) is 19.7 Å². The average Bonchev–Trinajstić information content (AvgIpc) is 2.96. The van der Waals surface area contributed by atoms with Crippen LogP contribution >= 0.6 is 11.6 Å². The second kappa shape index (κ2) is 7.20. The molecular formula is C19H15ClN2O5. The van der Waals surface area contributed by atoms with Crippen molar-refractivity contribution in [1.29, 1.82) is 0 Å². The molecule has 1 heterocycles. The van der Waals surface area contributed by atoms with Gasteiger partial charge < -0.3 is 9.72 Å². The first-order valence-corrected chi connectivity index (χ1v) is 8.44. The topological polar surface area (TPSA) is 102 Å². The molecule has 3 aromatic rings. The Morgan fingerprint density at radius 2 is 1.93 bits per heavy atom. The summed E-state index contributed by atoms with van der Waals surface area (Å²) in [5, 5.41) is 11.6. The smallest absolute Gasteiger partial charge is 0.339 e. The zero-order valence-electron chi connectivity index (χ0n) is 14.5. The summed E-state index contributed by atoms with van der Waals surface area (Å²) >= 11 is 5.74. The van der Waals surface area contributed by atoms with Crippen LogP contribution in [0.15, 0.2) is 42.5 Å². The fraction of sp³-hybridized carbons (Fsp3) is 0.158. The molecule has 0 bridgehead atoms. The van der Waals surface area contributed by atoms with E-state index >= 15 is 0 Å². The van der Waals surface area contributed by atoms with Crippen molar-refractivity contribution in [2.45, 2.75) is 20.0 Å². The zero-order valence-corrected chi connectivity index (χ0v) is 15.2. The number of nitrogens with one attached hydrogen (secondary N) is 1. The van der Waals surface area contributed by atoms with E-state index in [4.69, 9.17) is 16.3 Å². The van der Waals surface area contributed by atoms with Gasteiger partial charge in [-0.25, -0.2) is 4.79 Å². The van der Waals surface area contributed by atoms with E-state index in [0.717, 1.165) is 17.0 Å². The molecule has 2 aromatic carbocycles. The highest BCUT2D eigenvalue weighted by molar-refractivity contribution is 6.32. The standard InChI is InChI=1S/C19H15ClN2O5/c1-10-17(13-5-3-4-6-15(13)21-10)18(23)11(2)27-19(24)12-7-8-14(20)16(9-12)22(25)26/h3-9,11,21H,1-2H3/t11-/m0/s1. The number of aromatic nitrogens is 1. The summed E-state index contributed by atoms with van der Waals surface area (Å²) in [5.41, 5.74) is 1.48. The predicted molar refractivity (Wildman–Crippen MR) is 100 cm³/mol. The Balaban J connectivity index is 1.84. The minimum absolute atomic E-state index is 0.0543. The largest absolute Gasteiger partial charge is 0.451 e. The molecule has 0 aliphatic carbocycles. The maximum absolute atomic E-state index is 12.8. The summed E-state index contributed by atoms with van der Waals surface area (Å²) < 4.78 is 5.23.